The summed E-state index contributed by atoms with van der Waals surface area (Å²) in [5, 5.41) is 18.8. The molecular weight excluding hydrogens is 212 g/mol. The maximum absolute atomic E-state index is 9.81. The zero-order chi connectivity index (χ0) is 12.4. The zero-order valence-corrected chi connectivity index (χ0v) is 10.3. The van der Waals surface area contributed by atoms with Crippen LogP contribution in [-0.2, 0) is 0 Å². The van der Waals surface area contributed by atoms with Gasteiger partial charge in [-0.05, 0) is 38.8 Å². The standard InChI is InChI=1S/C14H18N2O/c1-10-4-3-7-16(10)14-8-12(9-15)5-6-13(14)11(2)17/h5-6,8,10-11,17H,3-4,7H2,1-2H3. The molecule has 1 fully saturated rings. The molecule has 17 heavy (non-hydrogen) atoms. The number of anilines is 1. The van der Waals surface area contributed by atoms with Crippen LogP contribution in [0.1, 0.15) is 43.9 Å². The molecule has 90 valence electrons. The van der Waals surface area contributed by atoms with Crippen LogP contribution in [0.4, 0.5) is 5.69 Å². The smallest absolute Gasteiger partial charge is 0.0992 e. The molecule has 0 radical (unpaired) electrons. The number of aliphatic hydroxyl groups excluding tert-OH is 1. The Bertz CT molecular complexity index is 448. The van der Waals surface area contributed by atoms with Gasteiger partial charge in [-0.3, -0.25) is 0 Å². The van der Waals surface area contributed by atoms with Crippen LogP contribution in [0.5, 0.6) is 0 Å². The van der Waals surface area contributed by atoms with Gasteiger partial charge in [-0.15, -0.1) is 0 Å². The molecule has 1 N–H and O–H groups in total. The molecule has 2 atom stereocenters. The second kappa shape index (κ2) is 4.77. The van der Waals surface area contributed by atoms with E-state index in [2.05, 4.69) is 17.9 Å². The Balaban J connectivity index is 2.45. The molecular formula is C14H18N2O. The summed E-state index contributed by atoms with van der Waals surface area (Å²) in [6.45, 7) is 4.97. The maximum Gasteiger partial charge on any atom is 0.0992 e. The minimum atomic E-state index is -0.495. The molecule has 1 aliphatic rings. The van der Waals surface area contributed by atoms with E-state index in [1.807, 2.05) is 12.1 Å². The molecule has 3 nitrogen and oxygen atoms in total. The van der Waals surface area contributed by atoms with Gasteiger partial charge in [0.25, 0.3) is 0 Å². The molecule has 1 aromatic carbocycles. The van der Waals surface area contributed by atoms with Crippen LogP contribution >= 0.6 is 0 Å². The van der Waals surface area contributed by atoms with Crippen molar-refractivity contribution in [3.05, 3.63) is 29.3 Å². The van der Waals surface area contributed by atoms with Crippen molar-refractivity contribution in [3.8, 4) is 6.07 Å². The summed E-state index contributed by atoms with van der Waals surface area (Å²) in [6, 6.07) is 8.18. The van der Waals surface area contributed by atoms with Gasteiger partial charge in [-0.25, -0.2) is 0 Å². The lowest BCUT2D eigenvalue weighted by Crippen LogP contribution is -2.27. The first-order valence-electron chi connectivity index (χ1n) is 6.12. The van der Waals surface area contributed by atoms with E-state index in [1.54, 1.807) is 13.0 Å². The summed E-state index contributed by atoms with van der Waals surface area (Å²) in [4.78, 5) is 2.29. The average molecular weight is 230 g/mol. The van der Waals surface area contributed by atoms with Crippen LogP contribution in [-0.4, -0.2) is 17.7 Å². The number of benzene rings is 1. The minimum absolute atomic E-state index is 0.487. The van der Waals surface area contributed by atoms with Crippen LogP contribution in [0.25, 0.3) is 0 Å². The molecule has 0 aromatic heterocycles. The number of hydrogen-bond donors (Lipinski definition) is 1. The van der Waals surface area contributed by atoms with Gasteiger partial charge in [-0.2, -0.15) is 5.26 Å². The number of rotatable bonds is 2. The van der Waals surface area contributed by atoms with Crippen molar-refractivity contribution in [1.82, 2.24) is 0 Å². The third kappa shape index (κ3) is 2.27. The Morgan fingerprint density at radius 2 is 2.29 bits per heavy atom. The first kappa shape index (κ1) is 11.9. The Labute approximate surface area is 102 Å². The fraction of sp³-hybridized carbons (Fsp3) is 0.500. The van der Waals surface area contributed by atoms with Crippen molar-refractivity contribution in [3.63, 3.8) is 0 Å². The molecule has 0 aliphatic carbocycles. The molecule has 0 amide bonds. The quantitative estimate of drug-likeness (QED) is 0.849. The molecule has 1 aliphatic heterocycles. The van der Waals surface area contributed by atoms with Crippen molar-refractivity contribution in [2.24, 2.45) is 0 Å². The first-order chi connectivity index (χ1) is 8.13. The van der Waals surface area contributed by atoms with E-state index in [0.29, 0.717) is 11.6 Å². The zero-order valence-electron chi connectivity index (χ0n) is 10.3. The Morgan fingerprint density at radius 1 is 1.53 bits per heavy atom. The monoisotopic (exact) mass is 230 g/mol. The van der Waals surface area contributed by atoms with Gasteiger partial charge in [0, 0.05) is 23.8 Å². The Hall–Kier alpha value is -1.53. The van der Waals surface area contributed by atoms with Gasteiger partial charge in [-0.1, -0.05) is 6.07 Å². The van der Waals surface area contributed by atoms with Gasteiger partial charge >= 0.3 is 0 Å². The van der Waals surface area contributed by atoms with Crippen molar-refractivity contribution >= 4 is 5.69 Å². The van der Waals surface area contributed by atoms with Crippen molar-refractivity contribution in [1.29, 1.82) is 5.26 Å². The molecule has 2 unspecified atom stereocenters. The van der Waals surface area contributed by atoms with E-state index in [4.69, 9.17) is 5.26 Å². The first-order valence-corrected chi connectivity index (χ1v) is 6.12. The molecule has 3 heteroatoms. The average Bonchev–Trinajstić information content (AvgIpc) is 2.74. The van der Waals surface area contributed by atoms with E-state index in [1.165, 1.54) is 12.8 Å². The molecule has 0 bridgehead atoms. The Morgan fingerprint density at radius 3 is 2.82 bits per heavy atom. The fourth-order valence-corrected chi connectivity index (χ4v) is 2.51. The third-order valence-corrected chi connectivity index (χ3v) is 3.47. The molecule has 1 saturated heterocycles. The summed E-state index contributed by atoms with van der Waals surface area (Å²) < 4.78 is 0. The third-order valence-electron chi connectivity index (χ3n) is 3.47. The highest BCUT2D eigenvalue weighted by atomic mass is 16.3. The predicted molar refractivity (Wildman–Crippen MR) is 67.8 cm³/mol. The highest BCUT2D eigenvalue weighted by Crippen LogP contribution is 2.32. The van der Waals surface area contributed by atoms with E-state index in [9.17, 15) is 5.11 Å². The van der Waals surface area contributed by atoms with Crippen molar-refractivity contribution < 1.29 is 5.11 Å². The van der Waals surface area contributed by atoms with Crippen LogP contribution in [0.2, 0.25) is 0 Å². The summed E-state index contributed by atoms with van der Waals surface area (Å²) >= 11 is 0. The molecule has 2 rings (SSSR count). The lowest BCUT2D eigenvalue weighted by atomic mass is 10.0. The summed E-state index contributed by atoms with van der Waals surface area (Å²) in [5.41, 5.74) is 2.59. The number of nitrogens with zero attached hydrogens (tertiary/aromatic N) is 2. The molecule has 0 saturated carbocycles. The number of aliphatic hydroxyl groups is 1. The second-order valence-corrected chi connectivity index (χ2v) is 4.75. The van der Waals surface area contributed by atoms with Gasteiger partial charge in [0.1, 0.15) is 0 Å². The lowest BCUT2D eigenvalue weighted by Gasteiger charge is -2.27. The number of hydrogen-bond acceptors (Lipinski definition) is 3. The largest absolute Gasteiger partial charge is 0.389 e. The molecule has 1 heterocycles. The van der Waals surface area contributed by atoms with Gasteiger partial charge < -0.3 is 10.0 Å². The van der Waals surface area contributed by atoms with Crippen LogP contribution in [0.15, 0.2) is 18.2 Å². The second-order valence-electron chi connectivity index (χ2n) is 4.75. The van der Waals surface area contributed by atoms with Crippen LogP contribution < -0.4 is 4.90 Å². The van der Waals surface area contributed by atoms with Crippen molar-refractivity contribution in [2.45, 2.75) is 38.8 Å². The molecule has 1 aromatic rings. The van der Waals surface area contributed by atoms with Crippen molar-refractivity contribution in [2.75, 3.05) is 11.4 Å². The molecule has 0 spiro atoms. The van der Waals surface area contributed by atoms with Crippen LogP contribution in [0.3, 0.4) is 0 Å². The van der Waals surface area contributed by atoms with Gasteiger partial charge in [0.15, 0.2) is 0 Å². The van der Waals surface area contributed by atoms with E-state index >= 15 is 0 Å². The normalized spacial score (nSPS) is 21.3. The van der Waals surface area contributed by atoms with E-state index < -0.39 is 6.10 Å². The SMILES string of the molecule is CC(O)c1ccc(C#N)cc1N1CCCC1C. The van der Waals surface area contributed by atoms with Gasteiger partial charge in [0.05, 0.1) is 17.7 Å². The van der Waals surface area contributed by atoms with E-state index in [0.717, 1.165) is 17.8 Å². The Kier molecular flexibility index (Phi) is 3.35. The van der Waals surface area contributed by atoms with Crippen LogP contribution in [0, 0.1) is 11.3 Å². The lowest BCUT2D eigenvalue weighted by molar-refractivity contribution is 0.199. The summed E-state index contributed by atoms with van der Waals surface area (Å²) in [7, 11) is 0. The topological polar surface area (TPSA) is 47.3 Å². The predicted octanol–water partition coefficient (Wildman–Crippen LogP) is 2.60. The van der Waals surface area contributed by atoms with Gasteiger partial charge in [0.2, 0.25) is 0 Å². The number of nitriles is 1. The highest BCUT2D eigenvalue weighted by molar-refractivity contribution is 5.59. The summed E-state index contributed by atoms with van der Waals surface area (Å²) in [5.74, 6) is 0. The maximum atomic E-state index is 9.81. The highest BCUT2D eigenvalue weighted by Gasteiger charge is 2.24. The summed E-state index contributed by atoms with van der Waals surface area (Å²) in [6.07, 6.45) is 1.86. The van der Waals surface area contributed by atoms with E-state index in [-0.39, 0.29) is 0 Å². The fourth-order valence-electron chi connectivity index (χ4n) is 2.51. The minimum Gasteiger partial charge on any atom is -0.389 e.